The quantitative estimate of drug-likeness (QED) is 0.379. The Hall–Kier alpha value is -0.945. The third-order valence-electron chi connectivity index (χ3n) is 3.47. The minimum absolute atomic E-state index is 0.0516. The molecule has 135 valence electrons. The van der Waals surface area contributed by atoms with E-state index in [2.05, 4.69) is 0 Å². The Morgan fingerprint density at radius 2 is 1.88 bits per heavy atom. The minimum atomic E-state index is -5.66. The standard InChI is InChI=1S/C11H15BF4NO5P2/c1-7(6-23(13,14)21)10(19)17-4-2-3-8(11(17)20)5-9(18)12-24(15,16)22/h7-8H,2-6H2,1H3. The summed E-state index contributed by atoms with van der Waals surface area (Å²) in [5, 5.41) is 0. The van der Waals surface area contributed by atoms with Crippen LogP contribution in [-0.2, 0) is 23.5 Å². The van der Waals surface area contributed by atoms with Crippen molar-refractivity contribution >= 4 is 39.9 Å². The van der Waals surface area contributed by atoms with Crippen molar-refractivity contribution in [3.8, 4) is 0 Å². The van der Waals surface area contributed by atoms with Crippen LogP contribution >= 0.6 is 15.4 Å². The number of hydrogen-bond donors (Lipinski definition) is 0. The molecule has 0 aliphatic carbocycles. The SMILES string of the molecule is CC(CP(=O)(F)F)C(=O)N1CCCC(CC(=O)[B]P(=O)(F)F)C1=O. The fourth-order valence-electron chi connectivity index (χ4n) is 2.48. The molecule has 0 aromatic rings. The first kappa shape index (κ1) is 21.1. The Morgan fingerprint density at radius 3 is 2.38 bits per heavy atom. The molecule has 2 atom stereocenters. The van der Waals surface area contributed by atoms with Crippen LogP contribution in [0.15, 0.2) is 0 Å². The van der Waals surface area contributed by atoms with Crippen LogP contribution in [0.3, 0.4) is 0 Å². The fourth-order valence-corrected chi connectivity index (χ4v) is 3.72. The van der Waals surface area contributed by atoms with E-state index in [1.807, 2.05) is 0 Å². The van der Waals surface area contributed by atoms with E-state index in [0.29, 0.717) is 4.90 Å². The Morgan fingerprint density at radius 1 is 1.29 bits per heavy atom. The van der Waals surface area contributed by atoms with Gasteiger partial charge in [-0.2, -0.15) is 16.8 Å². The molecule has 2 unspecified atom stereocenters. The molecule has 0 saturated carbocycles. The van der Waals surface area contributed by atoms with Crippen LogP contribution in [0, 0.1) is 11.8 Å². The summed E-state index contributed by atoms with van der Waals surface area (Å²) in [4.78, 5) is 36.3. The molecule has 6 nitrogen and oxygen atoms in total. The van der Waals surface area contributed by atoms with Crippen molar-refractivity contribution in [2.45, 2.75) is 26.2 Å². The molecule has 1 saturated heterocycles. The van der Waals surface area contributed by atoms with Crippen LogP contribution in [-0.4, -0.2) is 42.1 Å². The number of amides is 2. The molecule has 24 heavy (non-hydrogen) atoms. The molecule has 13 heteroatoms. The van der Waals surface area contributed by atoms with Crippen LogP contribution in [0.4, 0.5) is 16.8 Å². The van der Waals surface area contributed by atoms with E-state index in [4.69, 9.17) is 0 Å². The van der Waals surface area contributed by atoms with Crippen LogP contribution in [0.2, 0.25) is 0 Å². The second-order valence-electron chi connectivity index (χ2n) is 5.62. The van der Waals surface area contributed by atoms with E-state index in [1.165, 1.54) is 0 Å². The van der Waals surface area contributed by atoms with E-state index >= 15 is 0 Å². The van der Waals surface area contributed by atoms with Crippen molar-refractivity contribution in [3.05, 3.63) is 0 Å². The number of halogens is 4. The van der Waals surface area contributed by atoms with Gasteiger partial charge in [-0.1, -0.05) is 6.92 Å². The third-order valence-corrected chi connectivity index (χ3v) is 5.03. The minimum Gasteiger partial charge on any atom is -0.311 e. The summed E-state index contributed by atoms with van der Waals surface area (Å²) in [6, 6.07) is 0. The van der Waals surface area contributed by atoms with E-state index in [9.17, 15) is 40.3 Å². The first-order valence-electron chi connectivity index (χ1n) is 7.01. The van der Waals surface area contributed by atoms with Crippen LogP contribution in [0.1, 0.15) is 26.2 Å². The van der Waals surface area contributed by atoms with Gasteiger partial charge in [0.15, 0.2) is 0 Å². The zero-order valence-corrected chi connectivity index (χ0v) is 14.5. The Bertz CT molecular complexity index is 622. The van der Waals surface area contributed by atoms with Gasteiger partial charge in [0.1, 0.15) is 5.68 Å². The predicted molar refractivity (Wildman–Crippen MR) is 78.5 cm³/mol. The lowest BCUT2D eigenvalue weighted by molar-refractivity contribution is -0.152. The molecule has 1 aliphatic rings. The van der Waals surface area contributed by atoms with Gasteiger partial charge in [0.05, 0.1) is 6.16 Å². The molecule has 0 bridgehead atoms. The molecule has 0 aromatic carbocycles. The predicted octanol–water partition coefficient (Wildman–Crippen LogP) is 3.19. The van der Waals surface area contributed by atoms with E-state index in [1.54, 1.807) is 0 Å². The van der Waals surface area contributed by atoms with Gasteiger partial charge in [-0.25, -0.2) is 0 Å². The number of likely N-dealkylation sites (tertiary alicyclic amines) is 1. The summed E-state index contributed by atoms with van der Waals surface area (Å²) in [6.45, 7) is 0.822. The topological polar surface area (TPSA) is 88.6 Å². The second kappa shape index (κ2) is 7.96. The van der Waals surface area contributed by atoms with Crippen LogP contribution in [0.5, 0.6) is 0 Å². The highest BCUT2D eigenvalue weighted by Crippen LogP contribution is 2.50. The van der Waals surface area contributed by atoms with Crippen LogP contribution in [0.25, 0.3) is 0 Å². The van der Waals surface area contributed by atoms with E-state index in [0.717, 1.165) is 6.92 Å². The molecule has 1 fully saturated rings. The van der Waals surface area contributed by atoms with Gasteiger partial charge in [0.25, 0.3) is 0 Å². The molecule has 1 radical (unpaired) electrons. The summed E-state index contributed by atoms with van der Waals surface area (Å²) in [5.74, 6) is -4.20. The van der Waals surface area contributed by atoms with E-state index < -0.39 is 57.3 Å². The highest BCUT2D eigenvalue weighted by atomic mass is 31.2. The van der Waals surface area contributed by atoms with Crippen molar-refractivity contribution in [3.63, 3.8) is 0 Å². The van der Waals surface area contributed by atoms with Gasteiger partial charge < -0.3 is 4.79 Å². The average molecular weight is 390 g/mol. The van der Waals surface area contributed by atoms with Gasteiger partial charge >= 0.3 is 22.4 Å². The number of rotatable bonds is 7. The number of hydrogen-bond acceptors (Lipinski definition) is 5. The van der Waals surface area contributed by atoms with Gasteiger partial charge in [0.2, 0.25) is 11.8 Å². The third kappa shape index (κ3) is 6.89. The van der Waals surface area contributed by atoms with Gasteiger partial charge in [-0.05, 0) is 12.8 Å². The molecule has 2 amide bonds. The smallest absolute Gasteiger partial charge is 0.311 e. The Labute approximate surface area is 136 Å². The highest BCUT2D eigenvalue weighted by Gasteiger charge is 2.38. The maximum Gasteiger partial charge on any atom is 0.403 e. The lowest BCUT2D eigenvalue weighted by Crippen LogP contribution is -2.48. The van der Waals surface area contributed by atoms with Crippen molar-refractivity contribution in [2.75, 3.05) is 12.7 Å². The van der Waals surface area contributed by atoms with Gasteiger partial charge in [-0.15, -0.1) is 0 Å². The maximum atomic E-state index is 12.6. The van der Waals surface area contributed by atoms with Gasteiger partial charge in [-0.3, -0.25) is 23.6 Å². The number of piperidine rings is 1. The number of nitrogens with zero attached hydrogens (tertiary/aromatic N) is 1. The molecular weight excluding hydrogens is 375 g/mol. The number of carbonyl (C=O) groups is 3. The maximum absolute atomic E-state index is 12.6. The molecule has 1 heterocycles. The summed E-state index contributed by atoms with van der Waals surface area (Å²) in [5.41, 5.74) is -1.18. The highest BCUT2D eigenvalue weighted by molar-refractivity contribution is 7.87. The van der Waals surface area contributed by atoms with Crippen LogP contribution < -0.4 is 0 Å². The first-order chi connectivity index (χ1) is 10.8. The lowest BCUT2D eigenvalue weighted by atomic mass is 9.85. The summed E-state index contributed by atoms with van der Waals surface area (Å²) in [7, 11) is -11.1. The first-order valence-corrected chi connectivity index (χ1v) is 10.2. The molecular formula is C11H15BF4NO5P2. The zero-order valence-electron chi connectivity index (χ0n) is 12.7. The average Bonchev–Trinajstić information content (AvgIpc) is 2.36. The number of carbonyl (C=O) groups excluding carboxylic acids is 3. The fraction of sp³-hybridized carbons (Fsp3) is 0.727. The monoisotopic (exact) mass is 390 g/mol. The lowest BCUT2D eigenvalue weighted by Gasteiger charge is -2.32. The largest absolute Gasteiger partial charge is 0.403 e. The van der Waals surface area contributed by atoms with Crippen molar-refractivity contribution < 1.29 is 40.3 Å². The summed E-state index contributed by atoms with van der Waals surface area (Å²) >= 11 is 0. The molecule has 0 spiro atoms. The van der Waals surface area contributed by atoms with Crippen molar-refractivity contribution in [1.29, 1.82) is 0 Å². The van der Waals surface area contributed by atoms with Crippen molar-refractivity contribution in [1.82, 2.24) is 4.90 Å². The zero-order chi connectivity index (χ0) is 18.7. The summed E-state index contributed by atoms with van der Waals surface area (Å²) in [6.07, 6.45) is -1.38. The molecule has 1 rings (SSSR count). The Kier molecular flexibility index (Phi) is 6.99. The van der Waals surface area contributed by atoms with E-state index in [-0.39, 0.29) is 26.4 Å². The van der Waals surface area contributed by atoms with Gasteiger partial charge in [0, 0.05) is 24.8 Å². The molecule has 0 aromatic heterocycles. The Balaban J connectivity index is 2.74. The van der Waals surface area contributed by atoms with Crippen molar-refractivity contribution in [2.24, 2.45) is 11.8 Å². The molecule has 1 aliphatic heterocycles. The summed E-state index contributed by atoms with van der Waals surface area (Å²) < 4.78 is 70.6. The number of imide groups is 1. The normalized spacial score (nSPS) is 20.6. The molecule has 0 N–H and O–H groups in total. The second-order valence-corrected chi connectivity index (χ2v) is 8.39.